The van der Waals surface area contributed by atoms with Gasteiger partial charge in [-0.1, -0.05) is 13.3 Å². The monoisotopic (exact) mass is 298 g/mol. The summed E-state index contributed by atoms with van der Waals surface area (Å²) in [5.74, 6) is 0.669. The predicted molar refractivity (Wildman–Crippen MR) is 78.2 cm³/mol. The number of benzene rings is 1. The minimum atomic E-state index is -3.40. The van der Waals surface area contributed by atoms with Crippen molar-refractivity contribution in [1.82, 2.24) is 4.72 Å². The Morgan fingerprint density at radius 3 is 2.50 bits per heavy atom. The van der Waals surface area contributed by atoms with Crippen LogP contribution < -0.4 is 15.2 Å². The van der Waals surface area contributed by atoms with Crippen LogP contribution in [0.4, 0.5) is 0 Å². The van der Waals surface area contributed by atoms with E-state index in [0.717, 1.165) is 25.7 Å². The van der Waals surface area contributed by atoms with Gasteiger partial charge in [0.1, 0.15) is 11.9 Å². The second-order valence-electron chi connectivity index (χ2n) is 5.08. The minimum Gasteiger partial charge on any atom is -0.489 e. The number of hydrogen-bond acceptors (Lipinski definition) is 4. The molecule has 2 atom stereocenters. The molecule has 1 aromatic rings. The first kappa shape index (κ1) is 15.3. The predicted octanol–water partition coefficient (Wildman–Crippen LogP) is 1.63. The fourth-order valence-corrected chi connectivity index (χ4v) is 3.46. The van der Waals surface area contributed by atoms with E-state index in [4.69, 9.17) is 10.5 Å². The maximum atomic E-state index is 11.8. The van der Waals surface area contributed by atoms with Gasteiger partial charge in [0.05, 0.1) is 4.90 Å². The summed E-state index contributed by atoms with van der Waals surface area (Å²) < 4.78 is 31.9. The summed E-state index contributed by atoms with van der Waals surface area (Å²) in [6, 6.07) is 6.55. The molecule has 0 bridgehead atoms. The molecule has 1 aliphatic carbocycles. The van der Waals surface area contributed by atoms with Crippen LogP contribution in [0.25, 0.3) is 0 Å². The van der Waals surface area contributed by atoms with Crippen molar-refractivity contribution in [1.29, 1.82) is 0 Å². The molecule has 0 amide bonds. The van der Waals surface area contributed by atoms with Crippen LogP contribution in [0.15, 0.2) is 29.2 Å². The number of nitrogens with one attached hydrogen (secondary N) is 1. The maximum absolute atomic E-state index is 11.8. The summed E-state index contributed by atoms with van der Waals surface area (Å²) in [5.41, 5.74) is 6.03. The summed E-state index contributed by atoms with van der Waals surface area (Å²) in [7, 11) is -3.40. The highest BCUT2D eigenvalue weighted by Crippen LogP contribution is 2.23. The van der Waals surface area contributed by atoms with Gasteiger partial charge in [0.15, 0.2) is 0 Å². The molecular formula is C14H22N2O3S. The van der Waals surface area contributed by atoms with Gasteiger partial charge in [-0.25, -0.2) is 13.1 Å². The molecule has 0 spiro atoms. The average molecular weight is 298 g/mol. The summed E-state index contributed by atoms with van der Waals surface area (Å²) in [6.45, 7) is 2.12. The van der Waals surface area contributed by atoms with Gasteiger partial charge < -0.3 is 10.5 Å². The van der Waals surface area contributed by atoms with Crippen molar-refractivity contribution in [2.24, 2.45) is 5.73 Å². The largest absolute Gasteiger partial charge is 0.489 e. The van der Waals surface area contributed by atoms with E-state index in [1.54, 1.807) is 31.2 Å². The molecule has 3 N–H and O–H groups in total. The van der Waals surface area contributed by atoms with Crippen LogP contribution >= 0.6 is 0 Å². The Bertz CT molecular complexity index is 528. The second kappa shape index (κ2) is 6.56. The highest BCUT2D eigenvalue weighted by Gasteiger charge is 2.23. The summed E-state index contributed by atoms with van der Waals surface area (Å²) in [4.78, 5) is 0.250. The molecule has 1 aromatic carbocycles. The molecule has 1 aliphatic rings. The first-order chi connectivity index (χ1) is 9.53. The standard InChI is InChI=1S/C14H22N2O3S/c1-2-16-20(17,18)12-9-7-11(8-10-12)19-14-6-4-3-5-13(14)15/h7-10,13-14,16H,2-6,15H2,1H3. The van der Waals surface area contributed by atoms with Gasteiger partial charge in [0.2, 0.25) is 10.0 Å². The zero-order chi connectivity index (χ0) is 14.6. The normalized spacial score (nSPS) is 23.5. The first-order valence-electron chi connectivity index (χ1n) is 7.05. The van der Waals surface area contributed by atoms with Crippen LogP contribution in [-0.4, -0.2) is 27.1 Å². The summed E-state index contributed by atoms with van der Waals surface area (Å²) in [5, 5.41) is 0. The van der Waals surface area contributed by atoms with Crippen LogP contribution in [0.1, 0.15) is 32.6 Å². The van der Waals surface area contributed by atoms with Crippen LogP contribution in [0.5, 0.6) is 5.75 Å². The molecule has 1 fully saturated rings. The molecule has 0 aromatic heterocycles. The Balaban J connectivity index is 2.05. The van der Waals surface area contributed by atoms with E-state index in [9.17, 15) is 8.42 Å². The number of hydrogen-bond donors (Lipinski definition) is 2. The van der Waals surface area contributed by atoms with Crippen LogP contribution in [0.3, 0.4) is 0 Å². The lowest BCUT2D eigenvalue weighted by atomic mass is 9.93. The van der Waals surface area contributed by atoms with Crippen molar-refractivity contribution in [3.05, 3.63) is 24.3 Å². The van der Waals surface area contributed by atoms with E-state index in [-0.39, 0.29) is 17.0 Å². The molecule has 20 heavy (non-hydrogen) atoms. The van der Waals surface area contributed by atoms with E-state index >= 15 is 0 Å². The molecule has 0 aliphatic heterocycles. The fraction of sp³-hybridized carbons (Fsp3) is 0.571. The van der Waals surface area contributed by atoms with Crippen molar-refractivity contribution in [3.63, 3.8) is 0 Å². The van der Waals surface area contributed by atoms with Crippen LogP contribution in [0.2, 0.25) is 0 Å². The summed E-state index contributed by atoms with van der Waals surface area (Å²) >= 11 is 0. The van der Waals surface area contributed by atoms with Crippen molar-refractivity contribution in [2.45, 2.75) is 49.6 Å². The molecule has 5 nitrogen and oxygen atoms in total. The highest BCUT2D eigenvalue weighted by atomic mass is 32.2. The van der Waals surface area contributed by atoms with E-state index in [0.29, 0.717) is 12.3 Å². The van der Waals surface area contributed by atoms with Gasteiger partial charge in [-0.2, -0.15) is 0 Å². The van der Waals surface area contributed by atoms with E-state index < -0.39 is 10.0 Å². The molecule has 1 saturated carbocycles. The average Bonchev–Trinajstić information content (AvgIpc) is 2.42. The minimum absolute atomic E-state index is 0.0278. The molecule has 2 rings (SSSR count). The Morgan fingerprint density at radius 2 is 1.90 bits per heavy atom. The van der Waals surface area contributed by atoms with Gasteiger partial charge in [-0.05, 0) is 43.5 Å². The molecule has 0 saturated heterocycles. The lowest BCUT2D eigenvalue weighted by Crippen LogP contribution is -2.41. The zero-order valence-electron chi connectivity index (χ0n) is 11.7. The third kappa shape index (κ3) is 3.71. The maximum Gasteiger partial charge on any atom is 0.240 e. The molecule has 6 heteroatoms. The summed E-state index contributed by atoms with van der Waals surface area (Å²) in [6.07, 6.45) is 4.25. The van der Waals surface area contributed by atoms with Crippen LogP contribution in [0, 0.1) is 0 Å². The van der Waals surface area contributed by atoms with E-state index in [1.807, 2.05) is 0 Å². The lowest BCUT2D eigenvalue weighted by Gasteiger charge is -2.29. The number of ether oxygens (including phenoxy) is 1. The van der Waals surface area contributed by atoms with Gasteiger partial charge in [0, 0.05) is 12.6 Å². The van der Waals surface area contributed by atoms with Crippen molar-refractivity contribution < 1.29 is 13.2 Å². The number of sulfonamides is 1. The van der Waals surface area contributed by atoms with Gasteiger partial charge in [-0.15, -0.1) is 0 Å². The first-order valence-corrected chi connectivity index (χ1v) is 8.53. The quantitative estimate of drug-likeness (QED) is 0.865. The lowest BCUT2D eigenvalue weighted by molar-refractivity contribution is 0.132. The molecular weight excluding hydrogens is 276 g/mol. The van der Waals surface area contributed by atoms with Crippen molar-refractivity contribution in [2.75, 3.05) is 6.54 Å². The van der Waals surface area contributed by atoms with Gasteiger partial charge >= 0.3 is 0 Å². The third-order valence-corrected chi connectivity index (χ3v) is 5.07. The fourth-order valence-electron chi connectivity index (χ4n) is 2.42. The molecule has 0 heterocycles. The Kier molecular flexibility index (Phi) is 5.01. The van der Waals surface area contributed by atoms with E-state index in [2.05, 4.69) is 4.72 Å². The SMILES string of the molecule is CCNS(=O)(=O)c1ccc(OC2CCCCC2N)cc1. The second-order valence-corrected chi connectivity index (χ2v) is 6.84. The molecule has 0 radical (unpaired) electrons. The highest BCUT2D eigenvalue weighted by molar-refractivity contribution is 7.89. The van der Waals surface area contributed by atoms with Gasteiger partial charge in [0.25, 0.3) is 0 Å². The zero-order valence-corrected chi connectivity index (χ0v) is 12.5. The number of nitrogens with two attached hydrogens (primary N) is 1. The Labute approximate surface area is 120 Å². The molecule has 2 unspecified atom stereocenters. The van der Waals surface area contributed by atoms with Crippen molar-refractivity contribution in [3.8, 4) is 5.75 Å². The smallest absolute Gasteiger partial charge is 0.240 e. The van der Waals surface area contributed by atoms with Crippen molar-refractivity contribution >= 4 is 10.0 Å². The van der Waals surface area contributed by atoms with E-state index in [1.165, 1.54) is 0 Å². The van der Waals surface area contributed by atoms with Gasteiger partial charge in [-0.3, -0.25) is 0 Å². The number of rotatable bonds is 5. The van der Waals surface area contributed by atoms with Crippen LogP contribution in [-0.2, 0) is 10.0 Å². The molecule has 112 valence electrons. The Hall–Kier alpha value is -1.11. The Morgan fingerprint density at radius 1 is 1.25 bits per heavy atom. The topological polar surface area (TPSA) is 81.4 Å². The third-order valence-electron chi connectivity index (χ3n) is 3.51.